The molecule has 2 fully saturated rings. The monoisotopic (exact) mass is 625 g/mol. The smallest absolute Gasteiger partial charge is 0.378 e. The van der Waals surface area contributed by atoms with Crippen LogP contribution < -0.4 is 5.32 Å². The number of nitrogens with one attached hydrogen (secondary N) is 1. The van der Waals surface area contributed by atoms with E-state index in [4.69, 9.17) is 4.74 Å². The third kappa shape index (κ3) is 7.07. The number of aryl methyl sites for hydroxylation is 2. The van der Waals surface area contributed by atoms with Crippen LogP contribution in [0.3, 0.4) is 0 Å². The molecule has 0 radical (unpaired) electrons. The van der Waals surface area contributed by atoms with Gasteiger partial charge in [-0.15, -0.1) is 0 Å². The molecule has 0 aromatic heterocycles. The number of halogens is 4. The van der Waals surface area contributed by atoms with Crippen molar-refractivity contribution in [1.82, 2.24) is 9.80 Å². The Kier molecular flexibility index (Phi) is 9.37. The Morgan fingerprint density at radius 3 is 2.40 bits per heavy atom. The van der Waals surface area contributed by atoms with E-state index >= 15 is 4.39 Å². The Hall–Kier alpha value is -3.76. The molecule has 5 rings (SSSR count). The number of amides is 2. The molecule has 2 aliphatic heterocycles. The second-order valence-corrected chi connectivity index (χ2v) is 12.7. The minimum atomic E-state index is -4.57. The van der Waals surface area contributed by atoms with Crippen LogP contribution in [0, 0.1) is 25.6 Å². The fourth-order valence-electron chi connectivity index (χ4n) is 6.42. The number of rotatable bonds is 6. The van der Waals surface area contributed by atoms with Crippen molar-refractivity contribution in [1.29, 1.82) is 0 Å². The van der Waals surface area contributed by atoms with Crippen LogP contribution in [0.2, 0.25) is 0 Å². The first-order valence-corrected chi connectivity index (χ1v) is 15.2. The average Bonchev–Trinajstić information content (AvgIpc) is 2.98. The first kappa shape index (κ1) is 32.6. The van der Waals surface area contributed by atoms with Gasteiger partial charge in [-0.3, -0.25) is 14.5 Å². The molecule has 0 unspecified atom stereocenters. The molecule has 0 aliphatic carbocycles. The number of benzene rings is 3. The Balaban J connectivity index is 1.48. The average molecular weight is 626 g/mol. The van der Waals surface area contributed by atoms with Gasteiger partial charge in [0.25, 0.3) is 5.91 Å². The lowest BCUT2D eigenvalue weighted by atomic mass is 9.83. The molecule has 2 saturated heterocycles. The number of nitrogens with zero attached hydrogens (tertiary/aromatic N) is 2. The fraction of sp³-hybridized carbons (Fsp3) is 0.429. The van der Waals surface area contributed by atoms with Crippen molar-refractivity contribution in [3.63, 3.8) is 0 Å². The number of hydrogen-bond donors (Lipinski definition) is 1. The van der Waals surface area contributed by atoms with Gasteiger partial charge in [-0.25, -0.2) is 4.39 Å². The quantitative estimate of drug-likeness (QED) is 0.292. The lowest BCUT2D eigenvalue weighted by Crippen LogP contribution is -2.52. The second-order valence-electron chi connectivity index (χ2n) is 12.7. The van der Waals surface area contributed by atoms with Gasteiger partial charge in [0.2, 0.25) is 5.91 Å². The first-order chi connectivity index (χ1) is 21.3. The van der Waals surface area contributed by atoms with E-state index < -0.39 is 41.3 Å². The zero-order valence-electron chi connectivity index (χ0n) is 26.0. The lowest BCUT2D eigenvalue weighted by molar-refractivity contribution is -0.138. The van der Waals surface area contributed by atoms with Gasteiger partial charge in [-0.05, 0) is 81.0 Å². The van der Waals surface area contributed by atoms with Gasteiger partial charge < -0.3 is 15.0 Å². The number of hydrogen-bond acceptors (Lipinski definition) is 4. The summed E-state index contributed by atoms with van der Waals surface area (Å²) in [6, 6.07) is 15.1. The van der Waals surface area contributed by atoms with E-state index in [1.54, 1.807) is 13.0 Å². The molecule has 1 N–H and O–H groups in total. The summed E-state index contributed by atoms with van der Waals surface area (Å²) in [5.74, 6) is -2.46. The van der Waals surface area contributed by atoms with E-state index in [1.165, 1.54) is 36.1 Å². The molecular formula is C35H39F4N3O3. The minimum Gasteiger partial charge on any atom is -0.378 e. The van der Waals surface area contributed by atoms with Crippen LogP contribution >= 0.6 is 0 Å². The maximum Gasteiger partial charge on any atom is 0.416 e. The van der Waals surface area contributed by atoms with Crippen molar-refractivity contribution in [3.05, 3.63) is 99.9 Å². The summed E-state index contributed by atoms with van der Waals surface area (Å²) < 4.78 is 61.4. The summed E-state index contributed by atoms with van der Waals surface area (Å²) in [6.45, 7) is 10.3. The van der Waals surface area contributed by atoms with Crippen LogP contribution in [0.25, 0.3) is 0 Å². The van der Waals surface area contributed by atoms with Crippen molar-refractivity contribution in [2.75, 3.05) is 31.6 Å². The molecule has 0 bridgehead atoms. The largest absolute Gasteiger partial charge is 0.416 e. The molecule has 2 aliphatic rings. The highest BCUT2D eigenvalue weighted by molar-refractivity contribution is 5.98. The molecule has 240 valence electrons. The van der Waals surface area contributed by atoms with Crippen LogP contribution in [0.5, 0.6) is 0 Å². The normalized spacial score (nSPS) is 20.6. The van der Waals surface area contributed by atoms with E-state index in [2.05, 4.69) is 24.1 Å². The summed E-state index contributed by atoms with van der Waals surface area (Å²) in [6.07, 6.45) is -3.70. The van der Waals surface area contributed by atoms with Gasteiger partial charge in [0.1, 0.15) is 5.82 Å². The SMILES string of the molecule is Cc1ccc(NC(=O)[C@H]2CCCN(C(=O)c3c(C)cccc3F)[C@H]2c2ccc(CN3CCOCC3(C)C)cc2)cc1C(F)(F)F. The van der Waals surface area contributed by atoms with Crippen molar-refractivity contribution in [2.24, 2.45) is 5.92 Å². The number of morpholine rings is 1. The van der Waals surface area contributed by atoms with Crippen LogP contribution in [0.15, 0.2) is 60.7 Å². The summed E-state index contributed by atoms with van der Waals surface area (Å²) in [5, 5.41) is 2.68. The molecule has 3 aromatic carbocycles. The number of piperidine rings is 1. The van der Waals surface area contributed by atoms with Gasteiger partial charge in [0, 0.05) is 30.9 Å². The number of anilines is 1. The lowest BCUT2D eigenvalue weighted by Gasteiger charge is -2.42. The molecule has 3 aromatic rings. The molecule has 2 heterocycles. The van der Waals surface area contributed by atoms with E-state index in [0.717, 1.165) is 18.2 Å². The zero-order valence-corrected chi connectivity index (χ0v) is 26.0. The number of carbonyl (C=O) groups is 2. The van der Waals surface area contributed by atoms with Crippen LogP contribution in [-0.4, -0.2) is 53.5 Å². The van der Waals surface area contributed by atoms with Crippen molar-refractivity contribution < 1.29 is 31.9 Å². The van der Waals surface area contributed by atoms with Gasteiger partial charge in [-0.2, -0.15) is 13.2 Å². The molecule has 6 nitrogen and oxygen atoms in total. The predicted octanol–water partition coefficient (Wildman–Crippen LogP) is 7.30. The van der Waals surface area contributed by atoms with Gasteiger partial charge >= 0.3 is 6.18 Å². The topological polar surface area (TPSA) is 61.9 Å². The Bertz CT molecular complexity index is 1530. The molecule has 2 amide bonds. The van der Waals surface area contributed by atoms with E-state index in [0.29, 0.717) is 50.3 Å². The number of carbonyl (C=O) groups excluding carboxylic acids is 2. The Morgan fingerprint density at radius 1 is 1.00 bits per heavy atom. The summed E-state index contributed by atoms with van der Waals surface area (Å²) in [5.41, 5.74) is 1.28. The van der Waals surface area contributed by atoms with E-state index in [-0.39, 0.29) is 22.4 Å². The molecule has 10 heteroatoms. The summed E-state index contributed by atoms with van der Waals surface area (Å²) >= 11 is 0. The highest BCUT2D eigenvalue weighted by Gasteiger charge is 2.41. The third-order valence-electron chi connectivity index (χ3n) is 8.99. The number of alkyl halides is 3. The van der Waals surface area contributed by atoms with Gasteiger partial charge in [0.05, 0.1) is 36.3 Å². The van der Waals surface area contributed by atoms with E-state index in [1.807, 2.05) is 24.3 Å². The first-order valence-electron chi connectivity index (χ1n) is 15.2. The fourth-order valence-corrected chi connectivity index (χ4v) is 6.42. The summed E-state index contributed by atoms with van der Waals surface area (Å²) in [4.78, 5) is 31.7. The van der Waals surface area contributed by atoms with Gasteiger partial charge in [0.15, 0.2) is 0 Å². The highest BCUT2D eigenvalue weighted by atomic mass is 19.4. The van der Waals surface area contributed by atoms with Crippen LogP contribution in [0.4, 0.5) is 23.2 Å². The van der Waals surface area contributed by atoms with Crippen LogP contribution in [0.1, 0.15) is 70.9 Å². The second kappa shape index (κ2) is 12.9. The molecule has 0 saturated carbocycles. The van der Waals surface area contributed by atoms with Crippen LogP contribution in [-0.2, 0) is 22.3 Å². The maximum atomic E-state index is 15.0. The molecule has 45 heavy (non-hydrogen) atoms. The summed E-state index contributed by atoms with van der Waals surface area (Å²) in [7, 11) is 0. The number of ether oxygens (including phenoxy) is 1. The molecule has 0 spiro atoms. The van der Waals surface area contributed by atoms with Crippen molar-refractivity contribution >= 4 is 17.5 Å². The standard InChI is InChI=1S/C35H39F4N3O3/c1-22-10-15-26(19-28(22)35(37,38)39)40-32(43)27-8-6-16-42(33(44)30-23(2)7-5-9-29(30)36)31(27)25-13-11-24(12-14-25)20-41-17-18-45-21-34(41,3)4/h5,7,9-15,19,27,31H,6,8,16-18,20-21H2,1-4H3,(H,40,43)/t27-,31-/m0/s1. The Morgan fingerprint density at radius 2 is 1.73 bits per heavy atom. The van der Waals surface area contributed by atoms with Crippen molar-refractivity contribution in [2.45, 2.75) is 64.8 Å². The molecular weight excluding hydrogens is 586 g/mol. The predicted molar refractivity (Wildman–Crippen MR) is 164 cm³/mol. The minimum absolute atomic E-state index is 0.0218. The van der Waals surface area contributed by atoms with Gasteiger partial charge in [-0.1, -0.05) is 42.5 Å². The van der Waals surface area contributed by atoms with Crippen molar-refractivity contribution in [3.8, 4) is 0 Å². The maximum absolute atomic E-state index is 15.0. The highest BCUT2D eigenvalue weighted by Crippen LogP contribution is 2.39. The molecule has 2 atom stereocenters. The number of likely N-dealkylation sites (tertiary alicyclic amines) is 1. The zero-order chi connectivity index (χ0) is 32.5. The van der Waals surface area contributed by atoms with E-state index in [9.17, 15) is 22.8 Å². The Labute approximate surface area is 261 Å². The third-order valence-corrected chi connectivity index (χ3v) is 8.99.